The fourth-order valence-corrected chi connectivity index (χ4v) is 1.54. The van der Waals surface area contributed by atoms with E-state index in [4.69, 9.17) is 9.52 Å². The van der Waals surface area contributed by atoms with Gasteiger partial charge in [0, 0.05) is 13.2 Å². The van der Waals surface area contributed by atoms with Gasteiger partial charge in [0.2, 0.25) is 0 Å². The van der Waals surface area contributed by atoms with Gasteiger partial charge < -0.3 is 19.9 Å². The maximum Gasteiger partial charge on any atom is 0.133 e. The molecule has 1 aromatic heterocycles. The number of aliphatic hydroxyl groups excluding tert-OH is 2. The average molecular weight is 227 g/mol. The molecule has 1 unspecified atom stereocenters. The van der Waals surface area contributed by atoms with Crippen LogP contribution >= 0.6 is 0 Å². The van der Waals surface area contributed by atoms with Crippen LogP contribution in [0.25, 0.3) is 0 Å². The number of unbranched alkanes of at least 4 members (excludes halogenated alkanes) is 3. The molecule has 0 aliphatic carbocycles. The van der Waals surface area contributed by atoms with Crippen molar-refractivity contribution in [2.45, 2.75) is 31.8 Å². The zero-order valence-corrected chi connectivity index (χ0v) is 9.56. The van der Waals surface area contributed by atoms with Gasteiger partial charge in [0.05, 0.1) is 6.26 Å². The number of nitrogens with one attached hydrogen (secondary N) is 1. The van der Waals surface area contributed by atoms with Crippen LogP contribution in [-0.4, -0.2) is 29.9 Å². The van der Waals surface area contributed by atoms with Gasteiger partial charge in [0.15, 0.2) is 0 Å². The third kappa shape index (κ3) is 5.30. The van der Waals surface area contributed by atoms with E-state index in [9.17, 15) is 5.11 Å². The zero-order chi connectivity index (χ0) is 11.6. The lowest BCUT2D eigenvalue weighted by atomic mass is 10.2. The number of aliphatic hydroxyl groups is 2. The Hall–Kier alpha value is -0.840. The lowest BCUT2D eigenvalue weighted by molar-refractivity contribution is 0.147. The van der Waals surface area contributed by atoms with Crippen molar-refractivity contribution in [3.63, 3.8) is 0 Å². The largest absolute Gasteiger partial charge is 0.467 e. The van der Waals surface area contributed by atoms with Crippen molar-refractivity contribution in [3.8, 4) is 0 Å². The molecule has 0 amide bonds. The van der Waals surface area contributed by atoms with Crippen molar-refractivity contribution >= 4 is 0 Å². The Labute approximate surface area is 96.3 Å². The maximum absolute atomic E-state index is 9.66. The van der Waals surface area contributed by atoms with E-state index < -0.39 is 6.10 Å². The predicted molar refractivity (Wildman–Crippen MR) is 62.1 cm³/mol. The van der Waals surface area contributed by atoms with E-state index in [1.807, 2.05) is 0 Å². The van der Waals surface area contributed by atoms with Crippen LogP contribution in [0.5, 0.6) is 0 Å². The topological polar surface area (TPSA) is 65.6 Å². The van der Waals surface area contributed by atoms with Crippen LogP contribution in [0.3, 0.4) is 0 Å². The van der Waals surface area contributed by atoms with Crippen LogP contribution in [0.2, 0.25) is 0 Å². The van der Waals surface area contributed by atoms with E-state index in [2.05, 4.69) is 5.32 Å². The van der Waals surface area contributed by atoms with Gasteiger partial charge in [-0.05, 0) is 31.5 Å². The minimum absolute atomic E-state index is 0.282. The third-order valence-electron chi connectivity index (χ3n) is 2.47. The van der Waals surface area contributed by atoms with Crippen LogP contribution in [0, 0.1) is 0 Å². The second kappa shape index (κ2) is 8.33. The molecule has 0 radical (unpaired) electrons. The van der Waals surface area contributed by atoms with E-state index in [0.29, 0.717) is 12.3 Å². The molecule has 0 saturated heterocycles. The lowest BCUT2D eigenvalue weighted by Crippen LogP contribution is -2.22. The van der Waals surface area contributed by atoms with Crippen LogP contribution in [0.1, 0.15) is 37.5 Å². The van der Waals surface area contributed by atoms with Gasteiger partial charge in [-0.3, -0.25) is 0 Å². The van der Waals surface area contributed by atoms with Crippen molar-refractivity contribution in [3.05, 3.63) is 24.2 Å². The number of furan rings is 1. The summed E-state index contributed by atoms with van der Waals surface area (Å²) in [7, 11) is 0. The molecule has 3 N–H and O–H groups in total. The fraction of sp³-hybridized carbons (Fsp3) is 0.667. The monoisotopic (exact) mass is 227 g/mol. The summed E-state index contributed by atoms with van der Waals surface area (Å²) < 4.78 is 5.09. The second-order valence-electron chi connectivity index (χ2n) is 3.87. The summed E-state index contributed by atoms with van der Waals surface area (Å²) >= 11 is 0. The molecule has 0 aliphatic rings. The highest BCUT2D eigenvalue weighted by atomic mass is 16.4. The Morgan fingerprint density at radius 2 is 2.06 bits per heavy atom. The molecule has 0 bridgehead atoms. The minimum atomic E-state index is -0.563. The first-order chi connectivity index (χ1) is 7.84. The Morgan fingerprint density at radius 3 is 2.75 bits per heavy atom. The van der Waals surface area contributed by atoms with Gasteiger partial charge in [-0.15, -0.1) is 0 Å². The Bertz CT molecular complexity index is 249. The second-order valence-corrected chi connectivity index (χ2v) is 3.87. The van der Waals surface area contributed by atoms with Crippen molar-refractivity contribution in [2.75, 3.05) is 19.7 Å². The molecule has 0 aromatic carbocycles. The molecule has 0 aliphatic heterocycles. The van der Waals surface area contributed by atoms with Gasteiger partial charge in [-0.2, -0.15) is 0 Å². The summed E-state index contributed by atoms with van der Waals surface area (Å²) in [6.45, 7) is 1.70. The highest BCUT2D eigenvalue weighted by Gasteiger charge is 2.08. The quantitative estimate of drug-likeness (QED) is 0.559. The molecule has 0 spiro atoms. The van der Waals surface area contributed by atoms with Crippen molar-refractivity contribution in [1.82, 2.24) is 5.32 Å². The van der Waals surface area contributed by atoms with E-state index in [0.717, 1.165) is 32.2 Å². The molecular weight excluding hydrogens is 206 g/mol. The molecule has 1 atom stereocenters. The first kappa shape index (κ1) is 13.2. The van der Waals surface area contributed by atoms with Crippen molar-refractivity contribution in [2.24, 2.45) is 0 Å². The van der Waals surface area contributed by atoms with Gasteiger partial charge in [-0.1, -0.05) is 12.8 Å². The van der Waals surface area contributed by atoms with E-state index in [1.54, 1.807) is 18.4 Å². The molecule has 4 heteroatoms. The van der Waals surface area contributed by atoms with Crippen molar-refractivity contribution in [1.29, 1.82) is 0 Å². The van der Waals surface area contributed by atoms with Gasteiger partial charge in [-0.25, -0.2) is 0 Å². The Morgan fingerprint density at radius 1 is 1.25 bits per heavy atom. The highest BCUT2D eigenvalue weighted by molar-refractivity contribution is 5.01. The molecular formula is C12H21NO3. The third-order valence-corrected chi connectivity index (χ3v) is 2.47. The smallest absolute Gasteiger partial charge is 0.133 e. The van der Waals surface area contributed by atoms with Gasteiger partial charge in [0.1, 0.15) is 11.9 Å². The van der Waals surface area contributed by atoms with Crippen LogP contribution < -0.4 is 5.32 Å². The van der Waals surface area contributed by atoms with Gasteiger partial charge >= 0.3 is 0 Å². The molecule has 1 rings (SSSR count). The fourth-order valence-electron chi connectivity index (χ4n) is 1.54. The molecule has 0 saturated carbocycles. The summed E-state index contributed by atoms with van der Waals surface area (Å²) in [6.07, 6.45) is 5.14. The number of hydrogen-bond donors (Lipinski definition) is 3. The molecule has 1 heterocycles. The van der Waals surface area contributed by atoms with E-state index >= 15 is 0 Å². The number of rotatable bonds is 9. The summed E-state index contributed by atoms with van der Waals surface area (Å²) in [4.78, 5) is 0. The van der Waals surface area contributed by atoms with Gasteiger partial charge in [0.25, 0.3) is 0 Å². The molecule has 16 heavy (non-hydrogen) atoms. The van der Waals surface area contributed by atoms with E-state index in [-0.39, 0.29) is 6.61 Å². The van der Waals surface area contributed by atoms with Crippen LogP contribution in [0.4, 0.5) is 0 Å². The maximum atomic E-state index is 9.66. The standard InChI is InChI=1S/C12H21NO3/c14-8-4-2-1-3-7-13-10-11(15)12-6-5-9-16-12/h5-6,9,11,13-15H,1-4,7-8,10H2. The predicted octanol–water partition coefficient (Wildman–Crippen LogP) is 1.46. The Kier molecular flexibility index (Phi) is 6.88. The summed E-state index contributed by atoms with van der Waals surface area (Å²) in [5.41, 5.74) is 0. The summed E-state index contributed by atoms with van der Waals surface area (Å²) in [6, 6.07) is 3.54. The Balaban J connectivity index is 1.95. The average Bonchev–Trinajstić information content (AvgIpc) is 2.81. The van der Waals surface area contributed by atoms with Crippen LogP contribution in [0.15, 0.2) is 22.8 Å². The number of hydrogen-bond acceptors (Lipinski definition) is 4. The summed E-state index contributed by atoms with van der Waals surface area (Å²) in [5.74, 6) is 0.604. The molecule has 92 valence electrons. The highest BCUT2D eigenvalue weighted by Crippen LogP contribution is 2.11. The SMILES string of the molecule is OCCCCCCNCC(O)c1ccco1. The molecule has 4 nitrogen and oxygen atoms in total. The van der Waals surface area contributed by atoms with E-state index in [1.165, 1.54) is 0 Å². The molecule has 0 fully saturated rings. The first-order valence-corrected chi connectivity index (χ1v) is 5.87. The molecule has 1 aromatic rings. The van der Waals surface area contributed by atoms with Crippen molar-refractivity contribution < 1.29 is 14.6 Å². The van der Waals surface area contributed by atoms with Crippen LogP contribution in [-0.2, 0) is 0 Å². The first-order valence-electron chi connectivity index (χ1n) is 5.87. The summed E-state index contributed by atoms with van der Waals surface area (Å²) in [5, 5.41) is 21.4. The lowest BCUT2D eigenvalue weighted by Gasteiger charge is -2.09. The minimum Gasteiger partial charge on any atom is -0.467 e. The normalized spacial score (nSPS) is 12.9. The zero-order valence-electron chi connectivity index (χ0n) is 9.56.